The van der Waals surface area contributed by atoms with Crippen LogP contribution in [0.2, 0.25) is 0 Å². The lowest BCUT2D eigenvalue weighted by molar-refractivity contribution is 1.48. The molecule has 2 heteroatoms. The second-order valence-electron chi connectivity index (χ2n) is 7.62. The van der Waals surface area contributed by atoms with Gasteiger partial charge in [0.15, 0.2) is 0 Å². The van der Waals surface area contributed by atoms with Gasteiger partial charge in [-0.1, -0.05) is 109 Å². The summed E-state index contributed by atoms with van der Waals surface area (Å²) in [6.07, 6.45) is 0. The number of rotatable bonds is 6. The van der Waals surface area contributed by atoms with Crippen LogP contribution in [0.15, 0.2) is 133 Å². The van der Waals surface area contributed by atoms with E-state index < -0.39 is 0 Å². The van der Waals surface area contributed by atoms with Crippen LogP contribution in [0.5, 0.6) is 0 Å². The number of hydrogen-bond donors (Lipinski definition) is 2. The Kier molecular flexibility index (Phi) is 5.67. The lowest BCUT2D eigenvalue weighted by atomic mass is 9.95. The zero-order chi connectivity index (χ0) is 21.6. The highest BCUT2D eigenvalue weighted by Gasteiger charge is 2.17. The lowest BCUT2D eigenvalue weighted by Gasteiger charge is -2.22. The fraction of sp³-hybridized carbons (Fsp3) is 0. The Morgan fingerprint density at radius 2 is 0.625 bits per heavy atom. The van der Waals surface area contributed by atoms with Gasteiger partial charge in [0, 0.05) is 22.5 Å². The van der Waals surface area contributed by atoms with Crippen LogP contribution in [0.25, 0.3) is 22.3 Å². The fourth-order valence-electron chi connectivity index (χ4n) is 3.91. The fourth-order valence-corrected chi connectivity index (χ4v) is 3.91. The molecule has 0 bridgehead atoms. The maximum atomic E-state index is 3.71. The van der Waals surface area contributed by atoms with Crippen molar-refractivity contribution >= 4 is 22.7 Å². The Morgan fingerprint density at radius 3 is 0.969 bits per heavy atom. The first-order chi connectivity index (χ1) is 15.9. The van der Waals surface area contributed by atoms with Crippen molar-refractivity contribution in [3.05, 3.63) is 133 Å². The highest BCUT2D eigenvalue weighted by Crippen LogP contribution is 2.44. The number of anilines is 4. The van der Waals surface area contributed by atoms with E-state index in [4.69, 9.17) is 0 Å². The zero-order valence-electron chi connectivity index (χ0n) is 17.7. The van der Waals surface area contributed by atoms with Gasteiger partial charge in [-0.15, -0.1) is 0 Å². The van der Waals surface area contributed by atoms with Crippen LogP contribution in [-0.2, 0) is 0 Å². The molecule has 32 heavy (non-hydrogen) atoms. The van der Waals surface area contributed by atoms with E-state index in [0.717, 1.165) is 33.9 Å². The summed E-state index contributed by atoms with van der Waals surface area (Å²) in [6.45, 7) is 0. The molecule has 0 spiro atoms. The van der Waals surface area contributed by atoms with Crippen molar-refractivity contribution in [2.75, 3.05) is 10.6 Å². The Balaban J connectivity index is 1.75. The number of benzene rings is 5. The monoisotopic (exact) mass is 412 g/mol. The minimum Gasteiger partial charge on any atom is -0.353 e. The molecule has 0 radical (unpaired) electrons. The van der Waals surface area contributed by atoms with E-state index in [1.165, 1.54) is 11.1 Å². The van der Waals surface area contributed by atoms with Crippen molar-refractivity contribution in [1.82, 2.24) is 0 Å². The quantitative estimate of drug-likeness (QED) is 0.292. The van der Waals surface area contributed by atoms with Gasteiger partial charge in [-0.05, 0) is 35.4 Å². The van der Waals surface area contributed by atoms with Gasteiger partial charge >= 0.3 is 0 Å². The van der Waals surface area contributed by atoms with Crippen LogP contribution in [0.3, 0.4) is 0 Å². The topological polar surface area (TPSA) is 24.1 Å². The molecule has 0 saturated carbocycles. The summed E-state index contributed by atoms with van der Waals surface area (Å²) in [5.74, 6) is 0. The molecule has 0 aromatic heterocycles. The van der Waals surface area contributed by atoms with Crippen LogP contribution in [0, 0.1) is 0 Å². The number of hydrogen-bond acceptors (Lipinski definition) is 2. The first kappa shape index (κ1) is 19.7. The molecule has 2 N–H and O–H groups in total. The summed E-state index contributed by atoms with van der Waals surface area (Å²) in [5.41, 5.74) is 8.82. The molecular weight excluding hydrogens is 388 g/mol. The Hall–Kier alpha value is -4.30. The first-order valence-corrected chi connectivity index (χ1v) is 10.8. The van der Waals surface area contributed by atoms with Gasteiger partial charge < -0.3 is 10.6 Å². The van der Waals surface area contributed by atoms with E-state index in [0.29, 0.717) is 0 Å². The summed E-state index contributed by atoms with van der Waals surface area (Å²) >= 11 is 0. The predicted molar refractivity (Wildman–Crippen MR) is 137 cm³/mol. The smallest absolute Gasteiger partial charge is 0.0709 e. The lowest BCUT2D eigenvalue weighted by Crippen LogP contribution is -2.02. The summed E-state index contributed by atoms with van der Waals surface area (Å²) < 4.78 is 0. The molecule has 0 heterocycles. The highest BCUT2D eigenvalue weighted by molar-refractivity contribution is 5.99. The van der Waals surface area contributed by atoms with Crippen molar-refractivity contribution in [3.63, 3.8) is 0 Å². The van der Waals surface area contributed by atoms with Crippen LogP contribution in [-0.4, -0.2) is 0 Å². The standard InChI is InChI=1S/C30H24N2/c1-5-13-23(14-6-1)27-21-22-28(24-15-7-2-8-16-24)30(32-26-19-11-4-12-20-26)29(27)31-25-17-9-3-10-18-25/h1-22,31-32H. The molecule has 0 amide bonds. The van der Waals surface area contributed by atoms with E-state index in [-0.39, 0.29) is 0 Å². The molecule has 0 atom stereocenters. The molecule has 0 unspecified atom stereocenters. The second kappa shape index (κ2) is 9.23. The van der Waals surface area contributed by atoms with Gasteiger partial charge in [-0.25, -0.2) is 0 Å². The average Bonchev–Trinajstić information content (AvgIpc) is 2.87. The number of para-hydroxylation sites is 2. The molecule has 0 aliphatic heterocycles. The van der Waals surface area contributed by atoms with E-state index in [1.54, 1.807) is 0 Å². The van der Waals surface area contributed by atoms with E-state index in [1.807, 2.05) is 12.1 Å². The number of nitrogens with one attached hydrogen (secondary N) is 2. The van der Waals surface area contributed by atoms with Crippen molar-refractivity contribution in [2.45, 2.75) is 0 Å². The summed E-state index contributed by atoms with van der Waals surface area (Å²) in [5, 5.41) is 7.42. The molecule has 5 aromatic rings. The van der Waals surface area contributed by atoms with Gasteiger partial charge in [0.1, 0.15) is 0 Å². The third-order valence-electron chi connectivity index (χ3n) is 5.46. The van der Waals surface area contributed by atoms with Crippen LogP contribution in [0.1, 0.15) is 0 Å². The normalized spacial score (nSPS) is 10.5. The van der Waals surface area contributed by atoms with Gasteiger partial charge in [-0.2, -0.15) is 0 Å². The molecule has 0 aliphatic rings. The van der Waals surface area contributed by atoms with Gasteiger partial charge in [0.25, 0.3) is 0 Å². The van der Waals surface area contributed by atoms with Crippen molar-refractivity contribution in [3.8, 4) is 22.3 Å². The predicted octanol–water partition coefficient (Wildman–Crippen LogP) is 8.51. The zero-order valence-corrected chi connectivity index (χ0v) is 17.7. The Morgan fingerprint density at radius 1 is 0.312 bits per heavy atom. The molecule has 5 rings (SSSR count). The van der Waals surface area contributed by atoms with Crippen molar-refractivity contribution in [2.24, 2.45) is 0 Å². The maximum Gasteiger partial charge on any atom is 0.0709 e. The van der Waals surface area contributed by atoms with E-state index in [2.05, 4.69) is 132 Å². The molecule has 154 valence electrons. The van der Waals surface area contributed by atoms with Crippen LogP contribution < -0.4 is 10.6 Å². The summed E-state index contributed by atoms with van der Waals surface area (Å²) in [4.78, 5) is 0. The maximum absolute atomic E-state index is 3.71. The van der Waals surface area contributed by atoms with E-state index in [9.17, 15) is 0 Å². The van der Waals surface area contributed by atoms with Crippen molar-refractivity contribution in [1.29, 1.82) is 0 Å². The third kappa shape index (κ3) is 4.26. The Bertz CT molecular complexity index is 1180. The molecule has 2 nitrogen and oxygen atoms in total. The molecule has 0 aliphatic carbocycles. The minimum atomic E-state index is 1.05. The third-order valence-corrected chi connectivity index (χ3v) is 5.46. The van der Waals surface area contributed by atoms with E-state index >= 15 is 0 Å². The van der Waals surface area contributed by atoms with Crippen LogP contribution in [0.4, 0.5) is 22.7 Å². The average molecular weight is 413 g/mol. The summed E-state index contributed by atoms with van der Waals surface area (Å²) in [7, 11) is 0. The second-order valence-corrected chi connectivity index (χ2v) is 7.62. The highest BCUT2D eigenvalue weighted by atomic mass is 15.0. The molecule has 0 fully saturated rings. The summed E-state index contributed by atoms with van der Waals surface area (Å²) in [6, 6.07) is 46.1. The van der Waals surface area contributed by atoms with Gasteiger partial charge in [0.05, 0.1) is 11.4 Å². The SMILES string of the molecule is c1ccc(Nc2c(-c3ccccc3)ccc(-c3ccccc3)c2Nc2ccccc2)cc1. The first-order valence-electron chi connectivity index (χ1n) is 10.8. The molecular formula is C30H24N2. The Labute approximate surface area is 189 Å². The largest absolute Gasteiger partial charge is 0.353 e. The molecule has 5 aromatic carbocycles. The van der Waals surface area contributed by atoms with Crippen molar-refractivity contribution < 1.29 is 0 Å². The van der Waals surface area contributed by atoms with Gasteiger partial charge in [-0.3, -0.25) is 0 Å². The van der Waals surface area contributed by atoms with Gasteiger partial charge in [0.2, 0.25) is 0 Å². The molecule has 0 saturated heterocycles. The van der Waals surface area contributed by atoms with Crippen LogP contribution >= 0.6 is 0 Å². The minimum absolute atomic E-state index is 1.05.